The molecule has 1 aromatic rings. The lowest BCUT2D eigenvalue weighted by Crippen LogP contribution is -2.16. The molecule has 0 radical (unpaired) electrons. The maximum absolute atomic E-state index is 12.6. The van der Waals surface area contributed by atoms with Gasteiger partial charge in [0.05, 0.1) is 5.56 Å². The van der Waals surface area contributed by atoms with E-state index in [0.29, 0.717) is 0 Å². The Morgan fingerprint density at radius 3 is 2.31 bits per heavy atom. The summed E-state index contributed by atoms with van der Waals surface area (Å²) in [6.07, 6.45) is -7.13. The van der Waals surface area contributed by atoms with E-state index in [1.807, 2.05) is 0 Å². The molecule has 0 aromatic carbocycles. The van der Waals surface area contributed by atoms with E-state index in [9.17, 15) is 22.0 Å². The van der Waals surface area contributed by atoms with Gasteiger partial charge in [0.2, 0.25) is 0 Å². The molecule has 0 amide bonds. The van der Waals surface area contributed by atoms with Crippen molar-refractivity contribution in [2.45, 2.75) is 26.1 Å². The van der Waals surface area contributed by atoms with Gasteiger partial charge in [0.25, 0.3) is 6.43 Å². The van der Waals surface area contributed by atoms with Crippen molar-refractivity contribution in [3.63, 3.8) is 0 Å². The third-order valence-corrected chi connectivity index (χ3v) is 2.11. The van der Waals surface area contributed by atoms with Crippen molar-refractivity contribution in [1.29, 1.82) is 0 Å². The Labute approximate surface area is 88.3 Å². The molecule has 0 bridgehead atoms. The van der Waals surface area contributed by atoms with Crippen LogP contribution in [0.25, 0.3) is 0 Å². The molecule has 7 heteroatoms. The fourth-order valence-corrected chi connectivity index (χ4v) is 1.43. The summed E-state index contributed by atoms with van der Waals surface area (Å²) in [4.78, 5) is 3.43. The second kappa shape index (κ2) is 4.32. The molecular formula is C9H9F5N2. The van der Waals surface area contributed by atoms with Crippen molar-refractivity contribution < 1.29 is 22.0 Å². The Bertz CT molecular complexity index is 386. The third kappa shape index (κ3) is 2.29. The molecule has 2 nitrogen and oxygen atoms in total. The number of rotatable bonds is 2. The van der Waals surface area contributed by atoms with Gasteiger partial charge < -0.3 is 5.73 Å². The number of aryl methyl sites for hydroxylation is 1. The van der Waals surface area contributed by atoms with E-state index in [1.165, 1.54) is 0 Å². The summed E-state index contributed by atoms with van der Waals surface area (Å²) in [5, 5.41) is 0. The van der Waals surface area contributed by atoms with E-state index in [-0.39, 0.29) is 5.56 Å². The Balaban J connectivity index is 3.55. The summed E-state index contributed by atoms with van der Waals surface area (Å²) >= 11 is 0. The predicted octanol–water partition coefficient (Wildman–Crippen LogP) is 2.81. The zero-order valence-corrected chi connectivity index (χ0v) is 8.28. The third-order valence-electron chi connectivity index (χ3n) is 2.11. The molecule has 16 heavy (non-hydrogen) atoms. The Morgan fingerprint density at radius 2 is 1.94 bits per heavy atom. The van der Waals surface area contributed by atoms with Gasteiger partial charge in [-0.25, -0.2) is 8.78 Å². The monoisotopic (exact) mass is 240 g/mol. The van der Waals surface area contributed by atoms with E-state index in [4.69, 9.17) is 5.73 Å². The highest BCUT2D eigenvalue weighted by atomic mass is 19.4. The molecule has 0 spiro atoms. The molecule has 0 aliphatic carbocycles. The van der Waals surface area contributed by atoms with Crippen LogP contribution in [-0.2, 0) is 12.7 Å². The quantitative estimate of drug-likeness (QED) is 0.807. The minimum atomic E-state index is -4.85. The van der Waals surface area contributed by atoms with Crippen LogP contribution in [0.2, 0.25) is 0 Å². The van der Waals surface area contributed by atoms with Gasteiger partial charge in [-0.2, -0.15) is 13.2 Å². The first-order valence-electron chi connectivity index (χ1n) is 4.32. The topological polar surface area (TPSA) is 38.9 Å². The SMILES string of the molecule is Cc1ncc(CN)c(C(F)F)c1C(F)(F)F. The average Bonchev–Trinajstić information content (AvgIpc) is 2.15. The van der Waals surface area contributed by atoms with Gasteiger partial charge in [0.1, 0.15) is 0 Å². The Morgan fingerprint density at radius 1 is 1.38 bits per heavy atom. The molecule has 1 heterocycles. The molecule has 0 saturated heterocycles. The lowest BCUT2D eigenvalue weighted by Gasteiger charge is -2.17. The first-order valence-corrected chi connectivity index (χ1v) is 4.32. The molecule has 0 atom stereocenters. The van der Waals surface area contributed by atoms with Crippen LogP contribution in [0, 0.1) is 6.92 Å². The number of nitrogens with zero attached hydrogens (tertiary/aromatic N) is 1. The van der Waals surface area contributed by atoms with Crippen LogP contribution in [0.3, 0.4) is 0 Å². The van der Waals surface area contributed by atoms with Crippen LogP contribution < -0.4 is 5.73 Å². The van der Waals surface area contributed by atoms with Crippen LogP contribution >= 0.6 is 0 Å². The lowest BCUT2D eigenvalue weighted by atomic mass is 10.0. The summed E-state index contributed by atoms with van der Waals surface area (Å²) in [6, 6.07) is 0. The van der Waals surface area contributed by atoms with Crippen molar-refractivity contribution in [1.82, 2.24) is 4.98 Å². The second-order valence-corrected chi connectivity index (χ2v) is 3.16. The van der Waals surface area contributed by atoms with Gasteiger partial charge in [0, 0.05) is 24.0 Å². The first kappa shape index (κ1) is 12.8. The van der Waals surface area contributed by atoms with Gasteiger partial charge in [-0.15, -0.1) is 0 Å². The summed E-state index contributed by atoms with van der Waals surface area (Å²) in [5.74, 6) is 0. The Kier molecular flexibility index (Phi) is 3.47. The van der Waals surface area contributed by atoms with Gasteiger partial charge in [0.15, 0.2) is 0 Å². The van der Waals surface area contributed by atoms with E-state index in [1.54, 1.807) is 0 Å². The standard InChI is InChI=1S/C9H9F5N2/c1-4-7(9(12,13)14)6(8(10)11)5(2-15)3-16-4/h3,8H,2,15H2,1H3. The smallest absolute Gasteiger partial charge is 0.326 e. The van der Waals surface area contributed by atoms with Crippen molar-refractivity contribution in [2.24, 2.45) is 5.73 Å². The number of nitrogens with two attached hydrogens (primary N) is 1. The fraction of sp³-hybridized carbons (Fsp3) is 0.444. The van der Waals surface area contributed by atoms with Crippen LogP contribution in [0.15, 0.2) is 6.20 Å². The number of aromatic nitrogens is 1. The molecular weight excluding hydrogens is 231 g/mol. The normalized spacial score (nSPS) is 12.2. The van der Waals surface area contributed by atoms with Gasteiger partial charge in [-0.3, -0.25) is 4.98 Å². The second-order valence-electron chi connectivity index (χ2n) is 3.16. The zero-order chi connectivity index (χ0) is 12.5. The molecule has 1 aromatic heterocycles. The van der Waals surface area contributed by atoms with Gasteiger partial charge in [-0.1, -0.05) is 0 Å². The van der Waals surface area contributed by atoms with Crippen molar-refractivity contribution in [3.05, 3.63) is 28.6 Å². The molecule has 0 saturated carbocycles. The first-order chi connectivity index (χ1) is 7.29. The molecule has 2 N–H and O–H groups in total. The number of hydrogen-bond acceptors (Lipinski definition) is 2. The molecule has 1 rings (SSSR count). The molecule has 90 valence electrons. The lowest BCUT2D eigenvalue weighted by molar-refractivity contribution is -0.140. The van der Waals surface area contributed by atoms with Crippen molar-refractivity contribution in [3.8, 4) is 0 Å². The highest BCUT2D eigenvalue weighted by Crippen LogP contribution is 2.39. The minimum absolute atomic E-state index is 0.284. The minimum Gasteiger partial charge on any atom is -0.326 e. The van der Waals surface area contributed by atoms with Crippen LogP contribution in [0.4, 0.5) is 22.0 Å². The summed E-state index contributed by atoms with van der Waals surface area (Å²) in [5.41, 5.74) is 1.90. The number of alkyl halides is 5. The van der Waals surface area contributed by atoms with Crippen molar-refractivity contribution in [2.75, 3.05) is 0 Å². The largest absolute Gasteiger partial charge is 0.418 e. The highest BCUT2D eigenvalue weighted by molar-refractivity contribution is 5.39. The maximum Gasteiger partial charge on any atom is 0.418 e. The van der Waals surface area contributed by atoms with Gasteiger partial charge in [-0.05, 0) is 12.5 Å². The van der Waals surface area contributed by atoms with Crippen molar-refractivity contribution >= 4 is 0 Å². The number of hydrogen-bond donors (Lipinski definition) is 1. The summed E-state index contributed by atoms with van der Waals surface area (Å²) < 4.78 is 62.9. The van der Waals surface area contributed by atoms with Gasteiger partial charge >= 0.3 is 6.18 Å². The van der Waals surface area contributed by atoms with Crippen LogP contribution in [0.1, 0.15) is 28.8 Å². The highest BCUT2D eigenvalue weighted by Gasteiger charge is 2.39. The van der Waals surface area contributed by atoms with E-state index in [2.05, 4.69) is 4.98 Å². The van der Waals surface area contributed by atoms with Crippen LogP contribution in [0.5, 0.6) is 0 Å². The Hall–Kier alpha value is -1.24. The van der Waals surface area contributed by atoms with E-state index >= 15 is 0 Å². The molecule has 0 aliphatic heterocycles. The number of pyridine rings is 1. The number of halogens is 5. The summed E-state index contributed by atoms with van der Waals surface area (Å²) in [7, 11) is 0. The zero-order valence-electron chi connectivity index (χ0n) is 8.28. The predicted molar refractivity (Wildman–Crippen MR) is 46.8 cm³/mol. The molecule has 0 unspecified atom stereocenters. The molecule has 0 aliphatic rings. The van der Waals surface area contributed by atoms with Crippen LogP contribution in [-0.4, -0.2) is 4.98 Å². The fourth-order valence-electron chi connectivity index (χ4n) is 1.43. The molecule has 0 fully saturated rings. The van der Waals surface area contributed by atoms with E-state index < -0.39 is 36.0 Å². The average molecular weight is 240 g/mol. The summed E-state index contributed by atoms with van der Waals surface area (Å²) in [6.45, 7) is 0.630. The maximum atomic E-state index is 12.6. The van der Waals surface area contributed by atoms with E-state index in [0.717, 1.165) is 13.1 Å².